The zero-order chi connectivity index (χ0) is 20.7. The highest BCUT2D eigenvalue weighted by Gasteiger charge is 2.41. The van der Waals surface area contributed by atoms with Crippen molar-refractivity contribution < 1.29 is 23.7 Å². The van der Waals surface area contributed by atoms with E-state index >= 15 is 0 Å². The van der Waals surface area contributed by atoms with E-state index in [4.69, 9.17) is 23.7 Å². The third-order valence-electron chi connectivity index (χ3n) is 5.33. The van der Waals surface area contributed by atoms with E-state index in [-0.39, 0.29) is 12.0 Å². The molecular formula is C23H46O5. The molecule has 1 saturated heterocycles. The van der Waals surface area contributed by atoms with Crippen LogP contribution in [0.25, 0.3) is 0 Å². The molecule has 3 unspecified atom stereocenters. The van der Waals surface area contributed by atoms with E-state index in [0.29, 0.717) is 25.9 Å². The molecule has 0 aromatic rings. The quantitative estimate of drug-likeness (QED) is 0.148. The molecule has 0 radical (unpaired) electrons. The molecule has 0 aromatic heterocycles. The predicted molar refractivity (Wildman–Crippen MR) is 113 cm³/mol. The van der Waals surface area contributed by atoms with Gasteiger partial charge < -0.3 is 23.7 Å². The summed E-state index contributed by atoms with van der Waals surface area (Å²) < 4.78 is 29.9. The van der Waals surface area contributed by atoms with Crippen LogP contribution in [0.15, 0.2) is 0 Å². The van der Waals surface area contributed by atoms with Crippen molar-refractivity contribution >= 4 is 0 Å². The fourth-order valence-electron chi connectivity index (χ4n) is 3.76. The standard InChI is InChI=1S/C23H46O5/c1-6-11-13-15-21(24-18-22-19-25-22)17-16-20(14-12-7-2)23(26-8-3,27-9-4)28-10-5/h20-22H,6-19H2,1-5H3. The van der Waals surface area contributed by atoms with Crippen LogP contribution < -0.4 is 0 Å². The first-order valence-electron chi connectivity index (χ1n) is 11.8. The zero-order valence-corrected chi connectivity index (χ0v) is 19.2. The summed E-state index contributed by atoms with van der Waals surface area (Å²) >= 11 is 0. The minimum atomic E-state index is -0.930. The van der Waals surface area contributed by atoms with Crippen LogP contribution in [0.5, 0.6) is 0 Å². The van der Waals surface area contributed by atoms with Crippen molar-refractivity contribution in [3.05, 3.63) is 0 Å². The largest absolute Gasteiger partial charge is 0.375 e. The van der Waals surface area contributed by atoms with Gasteiger partial charge in [-0.1, -0.05) is 46.0 Å². The SMILES string of the molecule is CCCCCC(CCC(CCCC)C(OCC)(OCC)OCC)OCC1CO1. The second kappa shape index (κ2) is 15.6. The van der Waals surface area contributed by atoms with Crippen LogP contribution in [0.2, 0.25) is 0 Å². The molecule has 0 aromatic carbocycles. The van der Waals surface area contributed by atoms with Gasteiger partial charge >= 0.3 is 0 Å². The summed E-state index contributed by atoms with van der Waals surface area (Å²) in [7, 11) is 0. The molecule has 168 valence electrons. The number of hydrogen-bond donors (Lipinski definition) is 0. The molecule has 1 heterocycles. The van der Waals surface area contributed by atoms with Gasteiger partial charge in [0.05, 0.1) is 19.3 Å². The van der Waals surface area contributed by atoms with Crippen LogP contribution in [0, 0.1) is 5.92 Å². The lowest BCUT2D eigenvalue weighted by atomic mass is 9.91. The average Bonchev–Trinajstić information content (AvgIpc) is 3.50. The Morgan fingerprint density at radius 3 is 1.89 bits per heavy atom. The Labute approximate surface area is 173 Å². The van der Waals surface area contributed by atoms with Crippen molar-refractivity contribution in [2.24, 2.45) is 5.92 Å². The van der Waals surface area contributed by atoms with Crippen molar-refractivity contribution in [2.45, 2.75) is 111 Å². The maximum atomic E-state index is 6.21. The van der Waals surface area contributed by atoms with Gasteiger partial charge in [-0.2, -0.15) is 0 Å². The number of rotatable bonds is 20. The number of hydrogen-bond acceptors (Lipinski definition) is 5. The first-order valence-corrected chi connectivity index (χ1v) is 11.8. The zero-order valence-electron chi connectivity index (χ0n) is 19.2. The van der Waals surface area contributed by atoms with E-state index < -0.39 is 5.97 Å². The Hall–Kier alpha value is -0.200. The smallest absolute Gasteiger partial charge is 0.285 e. The lowest BCUT2D eigenvalue weighted by molar-refractivity contribution is -0.403. The summed E-state index contributed by atoms with van der Waals surface area (Å²) in [6.07, 6.45) is 10.8. The highest BCUT2D eigenvalue weighted by molar-refractivity contribution is 4.76. The van der Waals surface area contributed by atoms with Crippen molar-refractivity contribution in [1.29, 1.82) is 0 Å². The molecule has 0 N–H and O–H groups in total. The van der Waals surface area contributed by atoms with Gasteiger partial charge in [-0.05, 0) is 46.5 Å². The van der Waals surface area contributed by atoms with Crippen molar-refractivity contribution in [1.82, 2.24) is 0 Å². The second-order valence-electron chi connectivity index (χ2n) is 7.73. The summed E-state index contributed by atoms with van der Waals surface area (Å²) in [5.41, 5.74) is 0. The van der Waals surface area contributed by atoms with Gasteiger partial charge in [0.2, 0.25) is 0 Å². The first kappa shape index (κ1) is 25.8. The molecular weight excluding hydrogens is 356 g/mol. The van der Waals surface area contributed by atoms with Crippen LogP contribution in [-0.2, 0) is 23.7 Å². The van der Waals surface area contributed by atoms with Crippen LogP contribution in [-0.4, -0.2) is 51.2 Å². The Balaban J connectivity index is 2.76. The molecule has 0 bridgehead atoms. The van der Waals surface area contributed by atoms with E-state index in [0.717, 1.165) is 51.7 Å². The molecule has 28 heavy (non-hydrogen) atoms. The molecule has 5 nitrogen and oxygen atoms in total. The molecule has 0 spiro atoms. The Bertz CT molecular complexity index is 342. The first-order chi connectivity index (χ1) is 13.7. The topological polar surface area (TPSA) is 49.5 Å². The van der Waals surface area contributed by atoms with E-state index in [1.54, 1.807) is 0 Å². The fourth-order valence-corrected chi connectivity index (χ4v) is 3.76. The van der Waals surface area contributed by atoms with Crippen LogP contribution in [0.1, 0.15) is 92.4 Å². The highest BCUT2D eigenvalue weighted by Crippen LogP contribution is 2.35. The molecule has 0 saturated carbocycles. The molecule has 1 rings (SSSR count). The summed E-state index contributed by atoms with van der Waals surface area (Å²) in [5.74, 6) is -0.720. The number of epoxide rings is 1. The molecule has 1 fully saturated rings. The van der Waals surface area contributed by atoms with Gasteiger partial charge in [0.25, 0.3) is 5.97 Å². The van der Waals surface area contributed by atoms with Gasteiger partial charge in [0, 0.05) is 25.7 Å². The van der Waals surface area contributed by atoms with Gasteiger partial charge in [-0.15, -0.1) is 0 Å². The van der Waals surface area contributed by atoms with E-state index in [1.165, 1.54) is 19.3 Å². The fraction of sp³-hybridized carbons (Fsp3) is 1.00. The predicted octanol–water partition coefficient (Wildman–Crippen LogP) is 5.70. The van der Waals surface area contributed by atoms with E-state index in [1.807, 2.05) is 20.8 Å². The van der Waals surface area contributed by atoms with E-state index in [2.05, 4.69) is 13.8 Å². The lowest BCUT2D eigenvalue weighted by Gasteiger charge is -2.39. The molecule has 1 aliphatic heterocycles. The van der Waals surface area contributed by atoms with Gasteiger partial charge in [-0.3, -0.25) is 0 Å². The van der Waals surface area contributed by atoms with Crippen molar-refractivity contribution in [3.8, 4) is 0 Å². The van der Waals surface area contributed by atoms with Gasteiger partial charge in [0.15, 0.2) is 0 Å². The lowest BCUT2D eigenvalue weighted by Crippen LogP contribution is -2.47. The monoisotopic (exact) mass is 402 g/mol. The maximum absolute atomic E-state index is 6.21. The molecule has 0 amide bonds. The van der Waals surface area contributed by atoms with Crippen LogP contribution in [0.3, 0.4) is 0 Å². The molecule has 1 aliphatic rings. The summed E-state index contributed by atoms with van der Waals surface area (Å²) in [6, 6.07) is 0. The number of ether oxygens (including phenoxy) is 5. The summed E-state index contributed by atoms with van der Waals surface area (Å²) in [5, 5.41) is 0. The maximum Gasteiger partial charge on any atom is 0.285 e. The molecule has 0 aliphatic carbocycles. The molecule has 5 heteroatoms. The number of unbranched alkanes of at least 4 members (excludes halogenated alkanes) is 3. The third kappa shape index (κ3) is 10.0. The van der Waals surface area contributed by atoms with Crippen molar-refractivity contribution in [2.75, 3.05) is 33.0 Å². The Morgan fingerprint density at radius 1 is 0.786 bits per heavy atom. The molecule has 3 atom stereocenters. The van der Waals surface area contributed by atoms with Crippen LogP contribution >= 0.6 is 0 Å². The van der Waals surface area contributed by atoms with E-state index in [9.17, 15) is 0 Å². The average molecular weight is 403 g/mol. The van der Waals surface area contributed by atoms with Gasteiger partial charge in [0.1, 0.15) is 6.10 Å². The van der Waals surface area contributed by atoms with Crippen molar-refractivity contribution in [3.63, 3.8) is 0 Å². The summed E-state index contributed by atoms with van der Waals surface area (Å²) in [6.45, 7) is 13.8. The minimum Gasteiger partial charge on any atom is -0.375 e. The third-order valence-corrected chi connectivity index (χ3v) is 5.33. The Kier molecular flexibility index (Phi) is 14.4. The minimum absolute atomic E-state index is 0.210. The highest BCUT2D eigenvalue weighted by atomic mass is 16.9. The summed E-state index contributed by atoms with van der Waals surface area (Å²) in [4.78, 5) is 0. The van der Waals surface area contributed by atoms with Crippen LogP contribution in [0.4, 0.5) is 0 Å². The Morgan fingerprint density at radius 2 is 1.39 bits per heavy atom. The second-order valence-corrected chi connectivity index (χ2v) is 7.73. The normalized spacial score (nSPS) is 19.0. The van der Waals surface area contributed by atoms with Gasteiger partial charge in [-0.25, -0.2) is 0 Å².